The Morgan fingerprint density at radius 2 is 1.77 bits per heavy atom. The topological polar surface area (TPSA) is 41.1 Å². The van der Waals surface area contributed by atoms with Crippen LogP contribution in [0.1, 0.15) is 60.4 Å². The summed E-state index contributed by atoms with van der Waals surface area (Å²) in [4.78, 5) is 12.3. The van der Waals surface area contributed by atoms with Gasteiger partial charge in [-0.25, -0.2) is 8.78 Å². The van der Waals surface area contributed by atoms with E-state index in [1.54, 1.807) is 6.07 Å². The van der Waals surface area contributed by atoms with Crippen LogP contribution in [0.25, 0.3) is 0 Å². The highest BCUT2D eigenvalue weighted by Crippen LogP contribution is 2.30. The van der Waals surface area contributed by atoms with Gasteiger partial charge in [-0.15, -0.1) is 0 Å². The maximum absolute atomic E-state index is 14.1. The van der Waals surface area contributed by atoms with Crippen LogP contribution in [0.5, 0.6) is 0 Å². The second-order valence-corrected chi connectivity index (χ2v) is 6.34. The molecule has 1 heterocycles. The first-order valence-electron chi connectivity index (χ1n) is 8.15. The van der Waals surface area contributed by atoms with E-state index in [4.69, 9.17) is 0 Å². The number of rotatable bonds is 3. The van der Waals surface area contributed by atoms with Crippen LogP contribution in [0.2, 0.25) is 0 Å². The fourth-order valence-electron chi connectivity index (χ4n) is 3.51. The third-order valence-corrected chi connectivity index (χ3v) is 4.79. The number of carbonyl (C=O) groups excluding carboxylic acids is 1. The summed E-state index contributed by atoms with van der Waals surface area (Å²) in [7, 11) is 0. The molecular formula is C17H22F2N2O. The van der Waals surface area contributed by atoms with Crippen LogP contribution in [0.15, 0.2) is 12.1 Å². The quantitative estimate of drug-likeness (QED) is 0.901. The summed E-state index contributed by atoms with van der Waals surface area (Å²) in [5, 5.41) is 6.14. The van der Waals surface area contributed by atoms with Gasteiger partial charge in [-0.3, -0.25) is 4.79 Å². The predicted octanol–water partition coefficient (Wildman–Crippen LogP) is 3.10. The minimum Gasteiger partial charge on any atom is -0.349 e. The summed E-state index contributed by atoms with van der Waals surface area (Å²) in [5.74, 6) is -2.03. The first-order chi connectivity index (χ1) is 10.6. The van der Waals surface area contributed by atoms with Gasteiger partial charge in [0.15, 0.2) is 11.6 Å². The minimum atomic E-state index is -0.924. The van der Waals surface area contributed by atoms with E-state index in [1.807, 2.05) is 0 Å². The molecule has 1 amide bonds. The van der Waals surface area contributed by atoms with Crippen molar-refractivity contribution in [1.82, 2.24) is 10.6 Å². The lowest BCUT2D eigenvalue weighted by molar-refractivity contribution is 0.0937. The molecule has 0 unspecified atom stereocenters. The highest BCUT2D eigenvalue weighted by molar-refractivity contribution is 5.94. The van der Waals surface area contributed by atoms with Gasteiger partial charge in [-0.2, -0.15) is 0 Å². The third kappa shape index (κ3) is 3.29. The standard InChI is InChI=1S/C17H22F2N2O/c18-15-10-12(17(22)21-13-3-1-2-4-13)9-14(16(15)19)11-5-7-20-8-6-11/h9-11,13,20H,1-8H2,(H,21,22). The fourth-order valence-corrected chi connectivity index (χ4v) is 3.51. The number of halogens is 2. The fraction of sp³-hybridized carbons (Fsp3) is 0.588. The average Bonchev–Trinajstić information content (AvgIpc) is 3.03. The van der Waals surface area contributed by atoms with Crippen molar-refractivity contribution in [2.45, 2.75) is 50.5 Å². The lowest BCUT2D eigenvalue weighted by Gasteiger charge is -2.24. The molecule has 1 aliphatic heterocycles. The molecule has 0 radical (unpaired) electrons. The van der Waals surface area contributed by atoms with E-state index in [0.29, 0.717) is 5.56 Å². The Balaban J connectivity index is 1.81. The molecule has 22 heavy (non-hydrogen) atoms. The van der Waals surface area contributed by atoms with Gasteiger partial charge in [0.05, 0.1) is 0 Å². The molecule has 1 aromatic carbocycles. The SMILES string of the molecule is O=C(NC1CCCC1)c1cc(F)c(F)c(C2CCNCC2)c1. The molecule has 3 rings (SSSR count). The Labute approximate surface area is 129 Å². The number of amides is 1. The number of benzene rings is 1. The number of piperidine rings is 1. The first-order valence-corrected chi connectivity index (χ1v) is 8.15. The monoisotopic (exact) mass is 308 g/mol. The van der Waals surface area contributed by atoms with Gasteiger partial charge in [0.2, 0.25) is 0 Å². The number of hydrogen-bond acceptors (Lipinski definition) is 2. The molecule has 2 aliphatic rings. The van der Waals surface area contributed by atoms with Gasteiger partial charge in [-0.05, 0) is 62.4 Å². The van der Waals surface area contributed by atoms with E-state index < -0.39 is 11.6 Å². The van der Waals surface area contributed by atoms with Gasteiger partial charge in [-0.1, -0.05) is 12.8 Å². The molecule has 1 saturated heterocycles. The maximum Gasteiger partial charge on any atom is 0.251 e. The number of carbonyl (C=O) groups is 1. The smallest absolute Gasteiger partial charge is 0.251 e. The van der Waals surface area contributed by atoms with Gasteiger partial charge >= 0.3 is 0 Å². The Kier molecular flexibility index (Phi) is 4.71. The normalized spacial score (nSPS) is 20.3. The maximum atomic E-state index is 14.1. The van der Waals surface area contributed by atoms with E-state index in [9.17, 15) is 13.6 Å². The molecule has 1 saturated carbocycles. The number of nitrogens with one attached hydrogen (secondary N) is 2. The van der Waals surface area contributed by atoms with E-state index in [1.165, 1.54) is 0 Å². The van der Waals surface area contributed by atoms with Crippen LogP contribution in [0.3, 0.4) is 0 Å². The van der Waals surface area contributed by atoms with Gasteiger partial charge in [0.25, 0.3) is 5.91 Å². The average molecular weight is 308 g/mol. The van der Waals surface area contributed by atoms with Crippen LogP contribution in [0, 0.1) is 11.6 Å². The third-order valence-electron chi connectivity index (χ3n) is 4.79. The van der Waals surface area contributed by atoms with E-state index in [-0.39, 0.29) is 23.4 Å². The molecule has 0 atom stereocenters. The Morgan fingerprint density at radius 3 is 2.45 bits per heavy atom. The van der Waals surface area contributed by atoms with Crippen molar-refractivity contribution >= 4 is 5.91 Å². The molecule has 0 aromatic heterocycles. The van der Waals surface area contributed by atoms with Crippen molar-refractivity contribution < 1.29 is 13.6 Å². The molecule has 1 aliphatic carbocycles. The Hall–Kier alpha value is -1.49. The lowest BCUT2D eigenvalue weighted by atomic mass is 9.88. The second-order valence-electron chi connectivity index (χ2n) is 6.34. The van der Waals surface area contributed by atoms with Crippen molar-refractivity contribution in [3.05, 3.63) is 34.9 Å². The Bertz CT molecular complexity index is 550. The van der Waals surface area contributed by atoms with Crippen molar-refractivity contribution in [2.75, 3.05) is 13.1 Å². The van der Waals surface area contributed by atoms with Crippen LogP contribution in [0.4, 0.5) is 8.78 Å². The van der Waals surface area contributed by atoms with Crippen LogP contribution in [-0.4, -0.2) is 25.0 Å². The largest absolute Gasteiger partial charge is 0.349 e. The molecular weight excluding hydrogens is 286 g/mol. The second kappa shape index (κ2) is 6.73. The van der Waals surface area contributed by atoms with Gasteiger partial charge < -0.3 is 10.6 Å². The molecule has 2 N–H and O–H groups in total. The highest BCUT2D eigenvalue weighted by atomic mass is 19.2. The lowest BCUT2D eigenvalue weighted by Crippen LogP contribution is -2.33. The van der Waals surface area contributed by atoms with E-state index in [0.717, 1.165) is 57.7 Å². The van der Waals surface area contributed by atoms with Crippen LogP contribution < -0.4 is 10.6 Å². The van der Waals surface area contributed by atoms with E-state index in [2.05, 4.69) is 10.6 Å². The molecule has 5 heteroatoms. The summed E-state index contributed by atoms with van der Waals surface area (Å²) in [5.41, 5.74) is 0.581. The zero-order chi connectivity index (χ0) is 15.5. The number of hydrogen-bond donors (Lipinski definition) is 2. The molecule has 0 bridgehead atoms. The summed E-state index contributed by atoms with van der Waals surface area (Å²) in [6.45, 7) is 1.59. The first kappa shape index (κ1) is 15.4. The van der Waals surface area contributed by atoms with Crippen molar-refractivity contribution in [3.8, 4) is 0 Å². The van der Waals surface area contributed by atoms with Crippen LogP contribution >= 0.6 is 0 Å². The summed E-state index contributed by atoms with van der Waals surface area (Å²) < 4.78 is 28.0. The Morgan fingerprint density at radius 1 is 1.09 bits per heavy atom. The van der Waals surface area contributed by atoms with Crippen molar-refractivity contribution in [1.29, 1.82) is 0 Å². The van der Waals surface area contributed by atoms with Crippen LogP contribution in [-0.2, 0) is 0 Å². The van der Waals surface area contributed by atoms with E-state index >= 15 is 0 Å². The molecule has 2 fully saturated rings. The van der Waals surface area contributed by atoms with Crippen molar-refractivity contribution in [2.24, 2.45) is 0 Å². The minimum absolute atomic E-state index is 0.0185. The zero-order valence-electron chi connectivity index (χ0n) is 12.6. The predicted molar refractivity (Wildman–Crippen MR) is 80.9 cm³/mol. The zero-order valence-corrected chi connectivity index (χ0v) is 12.6. The summed E-state index contributed by atoms with van der Waals surface area (Å²) >= 11 is 0. The molecule has 120 valence electrons. The summed E-state index contributed by atoms with van der Waals surface area (Å²) in [6.07, 6.45) is 5.70. The highest BCUT2D eigenvalue weighted by Gasteiger charge is 2.24. The van der Waals surface area contributed by atoms with Crippen molar-refractivity contribution in [3.63, 3.8) is 0 Å². The summed E-state index contributed by atoms with van der Waals surface area (Å²) in [6, 6.07) is 2.73. The molecule has 3 nitrogen and oxygen atoms in total. The van der Waals surface area contributed by atoms with Gasteiger partial charge in [0, 0.05) is 11.6 Å². The molecule has 0 spiro atoms. The molecule has 1 aromatic rings. The van der Waals surface area contributed by atoms with Gasteiger partial charge in [0.1, 0.15) is 0 Å².